The zero-order valence-electron chi connectivity index (χ0n) is 17.9. The molecule has 0 amide bonds. The van der Waals surface area contributed by atoms with E-state index in [1.165, 1.54) is 5.56 Å². The average Bonchev–Trinajstić information content (AvgIpc) is 3.00. The number of nitrogens with zero attached hydrogens (tertiary/aromatic N) is 3. The first-order chi connectivity index (χ1) is 14.3. The van der Waals surface area contributed by atoms with E-state index in [1.807, 2.05) is 42.1 Å². The van der Waals surface area contributed by atoms with Crippen molar-refractivity contribution >= 4 is 28.6 Å². The van der Waals surface area contributed by atoms with Gasteiger partial charge in [0.2, 0.25) is 5.95 Å². The third-order valence-corrected chi connectivity index (χ3v) is 5.76. The molecule has 0 saturated heterocycles. The lowest BCUT2D eigenvalue weighted by Gasteiger charge is -2.13. The minimum atomic E-state index is -0.0615. The van der Waals surface area contributed by atoms with Crippen molar-refractivity contribution in [1.29, 1.82) is 0 Å². The van der Waals surface area contributed by atoms with Crippen molar-refractivity contribution < 1.29 is 0 Å². The van der Waals surface area contributed by atoms with Gasteiger partial charge in [-0.3, -0.25) is 9.36 Å². The zero-order valence-corrected chi connectivity index (χ0v) is 18.6. The minimum absolute atomic E-state index is 0.0615. The number of halogens is 1. The summed E-state index contributed by atoms with van der Waals surface area (Å²) in [4.78, 5) is 18.1. The van der Waals surface area contributed by atoms with Crippen LogP contribution in [0.2, 0.25) is 5.02 Å². The molecule has 6 heteroatoms. The molecule has 0 aliphatic carbocycles. The summed E-state index contributed by atoms with van der Waals surface area (Å²) in [5.41, 5.74) is 7.24. The van der Waals surface area contributed by atoms with E-state index in [0.717, 1.165) is 27.8 Å². The number of anilines is 1. The molecule has 0 atom stereocenters. The van der Waals surface area contributed by atoms with Gasteiger partial charge in [0.25, 0.3) is 5.56 Å². The van der Waals surface area contributed by atoms with Crippen LogP contribution in [-0.4, -0.2) is 14.1 Å². The molecule has 5 nitrogen and oxygen atoms in total. The SMILES string of the molecule is Cc1cc(C)c(-c2cn(C)c3nc(NCc4ccc(Cl)cc4)n(C)c(=O)c23)c(C)c1. The standard InChI is InChI=1S/C24H25ClN4O/c1-14-10-15(2)20(16(3)11-14)19-13-28(4)22-21(19)23(30)29(5)24(27-22)26-12-17-6-8-18(25)9-7-17/h6-11,13H,12H2,1-5H3,(H,26,27). The Morgan fingerprint density at radius 2 is 1.67 bits per heavy atom. The van der Waals surface area contributed by atoms with E-state index in [2.05, 4.69) is 38.2 Å². The van der Waals surface area contributed by atoms with Gasteiger partial charge in [0, 0.05) is 37.4 Å². The lowest BCUT2D eigenvalue weighted by molar-refractivity contribution is 0.828. The highest BCUT2D eigenvalue weighted by atomic mass is 35.5. The van der Waals surface area contributed by atoms with Crippen LogP contribution in [0.4, 0.5) is 5.95 Å². The Balaban J connectivity index is 1.82. The van der Waals surface area contributed by atoms with Gasteiger partial charge in [0.15, 0.2) is 0 Å². The summed E-state index contributed by atoms with van der Waals surface area (Å²) in [5, 5.41) is 4.63. The van der Waals surface area contributed by atoms with E-state index >= 15 is 0 Å². The number of nitrogens with one attached hydrogen (secondary N) is 1. The van der Waals surface area contributed by atoms with E-state index in [9.17, 15) is 4.79 Å². The smallest absolute Gasteiger partial charge is 0.264 e. The Morgan fingerprint density at radius 1 is 1.03 bits per heavy atom. The van der Waals surface area contributed by atoms with E-state index in [0.29, 0.717) is 28.5 Å². The maximum Gasteiger partial charge on any atom is 0.264 e. The molecule has 0 aliphatic rings. The van der Waals surface area contributed by atoms with Gasteiger partial charge in [-0.15, -0.1) is 0 Å². The number of rotatable bonds is 4. The Morgan fingerprint density at radius 3 is 2.30 bits per heavy atom. The van der Waals surface area contributed by atoms with Crippen molar-refractivity contribution in [2.75, 3.05) is 5.32 Å². The number of aryl methyl sites for hydroxylation is 4. The van der Waals surface area contributed by atoms with Crippen molar-refractivity contribution in [2.24, 2.45) is 14.1 Å². The van der Waals surface area contributed by atoms with Gasteiger partial charge in [-0.2, -0.15) is 4.98 Å². The van der Waals surface area contributed by atoms with Crippen LogP contribution in [-0.2, 0) is 20.6 Å². The first-order valence-electron chi connectivity index (χ1n) is 9.89. The fourth-order valence-corrected chi connectivity index (χ4v) is 4.26. The van der Waals surface area contributed by atoms with Crippen molar-refractivity contribution in [3.8, 4) is 11.1 Å². The summed E-state index contributed by atoms with van der Waals surface area (Å²) in [6.45, 7) is 6.82. The molecule has 0 fully saturated rings. The maximum atomic E-state index is 13.4. The molecular weight excluding hydrogens is 396 g/mol. The Hall–Kier alpha value is -3.05. The van der Waals surface area contributed by atoms with Gasteiger partial charge in [0.05, 0.1) is 5.39 Å². The maximum absolute atomic E-state index is 13.4. The summed E-state index contributed by atoms with van der Waals surface area (Å²) in [7, 11) is 3.69. The molecule has 1 N–H and O–H groups in total. The highest BCUT2D eigenvalue weighted by Gasteiger charge is 2.19. The molecule has 0 aliphatic heterocycles. The lowest BCUT2D eigenvalue weighted by atomic mass is 9.94. The molecular formula is C24H25ClN4O. The number of hydrogen-bond donors (Lipinski definition) is 1. The summed E-state index contributed by atoms with van der Waals surface area (Å²) >= 11 is 5.96. The molecule has 0 radical (unpaired) electrons. The third kappa shape index (κ3) is 3.50. The Labute approximate surface area is 180 Å². The first-order valence-corrected chi connectivity index (χ1v) is 10.3. The van der Waals surface area contributed by atoms with Crippen LogP contribution in [0.15, 0.2) is 47.4 Å². The molecule has 2 aromatic heterocycles. The van der Waals surface area contributed by atoms with Crippen LogP contribution in [0.1, 0.15) is 22.3 Å². The predicted molar refractivity (Wildman–Crippen MR) is 124 cm³/mol. The summed E-state index contributed by atoms with van der Waals surface area (Å²) < 4.78 is 3.51. The highest BCUT2D eigenvalue weighted by molar-refractivity contribution is 6.30. The van der Waals surface area contributed by atoms with Crippen LogP contribution in [0, 0.1) is 20.8 Å². The monoisotopic (exact) mass is 420 g/mol. The van der Waals surface area contributed by atoms with E-state index in [4.69, 9.17) is 16.6 Å². The van der Waals surface area contributed by atoms with Crippen LogP contribution in [0.5, 0.6) is 0 Å². The molecule has 4 aromatic rings. The van der Waals surface area contributed by atoms with E-state index < -0.39 is 0 Å². The van der Waals surface area contributed by atoms with Crippen molar-refractivity contribution in [3.05, 3.63) is 80.2 Å². The molecule has 0 spiro atoms. The van der Waals surface area contributed by atoms with Crippen LogP contribution >= 0.6 is 11.6 Å². The fraction of sp³-hybridized carbons (Fsp3) is 0.250. The molecule has 2 heterocycles. The third-order valence-electron chi connectivity index (χ3n) is 5.51. The molecule has 0 saturated carbocycles. The van der Waals surface area contributed by atoms with Crippen LogP contribution < -0.4 is 10.9 Å². The highest BCUT2D eigenvalue weighted by Crippen LogP contribution is 2.33. The minimum Gasteiger partial charge on any atom is -0.351 e. The summed E-state index contributed by atoms with van der Waals surface area (Å²) in [6, 6.07) is 11.9. The first kappa shape index (κ1) is 20.2. The van der Waals surface area contributed by atoms with Gasteiger partial charge < -0.3 is 9.88 Å². The number of fused-ring (bicyclic) bond motifs is 1. The Bertz CT molecular complexity index is 1290. The second kappa shape index (κ2) is 7.65. The van der Waals surface area contributed by atoms with Gasteiger partial charge in [-0.25, -0.2) is 0 Å². The largest absolute Gasteiger partial charge is 0.351 e. The topological polar surface area (TPSA) is 51.9 Å². The molecule has 0 unspecified atom stereocenters. The zero-order chi connectivity index (χ0) is 21.6. The second-order valence-electron chi connectivity index (χ2n) is 7.91. The molecule has 4 rings (SSSR count). The van der Waals surface area contributed by atoms with Gasteiger partial charge in [-0.05, 0) is 55.2 Å². The molecule has 154 valence electrons. The average molecular weight is 421 g/mol. The number of aromatic nitrogens is 3. The fourth-order valence-electron chi connectivity index (χ4n) is 4.14. The molecule has 2 aromatic carbocycles. The van der Waals surface area contributed by atoms with Gasteiger partial charge in [-0.1, -0.05) is 41.4 Å². The number of hydrogen-bond acceptors (Lipinski definition) is 3. The number of benzene rings is 2. The molecule has 30 heavy (non-hydrogen) atoms. The van der Waals surface area contributed by atoms with Gasteiger partial charge in [0.1, 0.15) is 5.65 Å². The predicted octanol–water partition coefficient (Wildman–Crippen LogP) is 5.13. The van der Waals surface area contributed by atoms with Gasteiger partial charge >= 0.3 is 0 Å². The molecule has 0 bridgehead atoms. The summed E-state index contributed by atoms with van der Waals surface area (Å²) in [6.07, 6.45) is 2.01. The van der Waals surface area contributed by atoms with E-state index in [1.54, 1.807) is 11.6 Å². The quantitative estimate of drug-likeness (QED) is 0.498. The van der Waals surface area contributed by atoms with Crippen LogP contribution in [0.3, 0.4) is 0 Å². The van der Waals surface area contributed by atoms with E-state index in [-0.39, 0.29) is 5.56 Å². The summed E-state index contributed by atoms with van der Waals surface area (Å²) in [5.74, 6) is 0.535. The Kier molecular flexibility index (Phi) is 5.16. The normalized spacial score (nSPS) is 11.3. The van der Waals surface area contributed by atoms with Crippen molar-refractivity contribution in [3.63, 3.8) is 0 Å². The lowest BCUT2D eigenvalue weighted by Crippen LogP contribution is -2.22. The van der Waals surface area contributed by atoms with Crippen molar-refractivity contribution in [1.82, 2.24) is 14.1 Å². The van der Waals surface area contributed by atoms with Crippen LogP contribution in [0.25, 0.3) is 22.2 Å². The second-order valence-corrected chi connectivity index (χ2v) is 8.34. The van der Waals surface area contributed by atoms with Crippen molar-refractivity contribution in [2.45, 2.75) is 27.3 Å².